The molecule has 2 aliphatic heterocycles. The number of ether oxygens (including phenoxy) is 1. The number of rotatable bonds is 4. The molecular weight excluding hydrogens is 374 g/mol. The van der Waals surface area contributed by atoms with Crippen LogP contribution in [0.2, 0.25) is 0 Å². The molecule has 0 radical (unpaired) electrons. The Morgan fingerprint density at radius 3 is 2.64 bits per heavy atom. The molecule has 144 valence electrons. The molecule has 7 nitrogen and oxygen atoms in total. The number of amides is 1. The van der Waals surface area contributed by atoms with Gasteiger partial charge in [0.1, 0.15) is 5.82 Å². The van der Waals surface area contributed by atoms with E-state index in [2.05, 4.69) is 25.2 Å². The molecule has 3 aromatic rings. The van der Waals surface area contributed by atoms with Crippen molar-refractivity contribution >= 4 is 33.8 Å². The average Bonchev–Trinajstić information content (AvgIpc) is 3.21. The second-order valence-electron chi connectivity index (χ2n) is 7.34. The SMILES string of the molecule is O=C(Nc1cc2cc(-c3cncs3)ncc2cn1)C1CCN(C2COC2)CC1. The van der Waals surface area contributed by atoms with Crippen LogP contribution in [0.15, 0.2) is 36.2 Å². The number of fused-ring (bicyclic) bond motifs is 1. The van der Waals surface area contributed by atoms with E-state index in [1.807, 2.05) is 24.5 Å². The number of likely N-dealkylation sites (tertiary alicyclic amines) is 1. The van der Waals surface area contributed by atoms with Gasteiger partial charge in [-0.05, 0) is 43.5 Å². The lowest BCUT2D eigenvalue weighted by Crippen LogP contribution is -2.52. The maximum atomic E-state index is 12.7. The van der Waals surface area contributed by atoms with Crippen LogP contribution < -0.4 is 5.32 Å². The molecule has 5 heterocycles. The lowest BCUT2D eigenvalue weighted by molar-refractivity contribution is -0.123. The van der Waals surface area contributed by atoms with Gasteiger partial charge in [-0.3, -0.25) is 19.7 Å². The zero-order valence-electron chi connectivity index (χ0n) is 15.4. The minimum Gasteiger partial charge on any atom is -0.378 e. The molecule has 2 saturated heterocycles. The van der Waals surface area contributed by atoms with Gasteiger partial charge in [0, 0.05) is 29.9 Å². The summed E-state index contributed by atoms with van der Waals surface area (Å²) in [4.78, 5) is 29.1. The zero-order valence-corrected chi connectivity index (χ0v) is 16.2. The normalized spacial score (nSPS) is 18.9. The number of nitrogens with one attached hydrogen (secondary N) is 1. The fraction of sp³-hybridized carbons (Fsp3) is 0.400. The van der Waals surface area contributed by atoms with Crippen molar-refractivity contribution in [3.63, 3.8) is 0 Å². The van der Waals surface area contributed by atoms with Gasteiger partial charge < -0.3 is 10.1 Å². The van der Waals surface area contributed by atoms with Crippen LogP contribution in [0.5, 0.6) is 0 Å². The number of thiazole rings is 1. The lowest BCUT2D eigenvalue weighted by atomic mass is 9.94. The average molecular weight is 395 g/mol. The van der Waals surface area contributed by atoms with E-state index < -0.39 is 0 Å². The summed E-state index contributed by atoms with van der Waals surface area (Å²) in [6, 6.07) is 4.48. The van der Waals surface area contributed by atoms with Gasteiger partial charge in [0.15, 0.2) is 0 Å². The zero-order chi connectivity index (χ0) is 18.9. The van der Waals surface area contributed by atoms with Crippen molar-refractivity contribution in [3.8, 4) is 10.6 Å². The van der Waals surface area contributed by atoms with Crippen molar-refractivity contribution in [3.05, 3.63) is 36.2 Å². The Labute approximate surface area is 166 Å². The van der Waals surface area contributed by atoms with E-state index in [4.69, 9.17) is 4.74 Å². The largest absolute Gasteiger partial charge is 0.378 e. The van der Waals surface area contributed by atoms with Gasteiger partial charge in [-0.15, -0.1) is 11.3 Å². The maximum Gasteiger partial charge on any atom is 0.228 e. The van der Waals surface area contributed by atoms with E-state index in [1.54, 1.807) is 23.0 Å². The van der Waals surface area contributed by atoms with Crippen LogP contribution in [0.3, 0.4) is 0 Å². The molecule has 0 unspecified atom stereocenters. The maximum absolute atomic E-state index is 12.7. The standard InChI is InChI=1S/C20H21N5O2S/c26-20(13-1-3-25(4-2-13)16-10-27-11-16)24-19-6-14-5-17(18-9-21-12-28-18)22-7-15(14)8-23-19/h5-9,12-13,16H,1-4,10-11H2,(H,23,24,26). The molecule has 5 rings (SSSR count). The predicted octanol–water partition coefficient (Wildman–Crippen LogP) is 2.80. The minimum atomic E-state index is 0.0416. The summed E-state index contributed by atoms with van der Waals surface area (Å²) in [5, 5.41) is 4.96. The minimum absolute atomic E-state index is 0.0416. The Morgan fingerprint density at radius 1 is 1.11 bits per heavy atom. The summed E-state index contributed by atoms with van der Waals surface area (Å²) in [5.41, 5.74) is 2.67. The van der Waals surface area contributed by atoms with Gasteiger partial charge in [-0.25, -0.2) is 4.98 Å². The summed E-state index contributed by atoms with van der Waals surface area (Å²) in [6.45, 7) is 3.58. The third-order valence-corrected chi connectivity index (χ3v) is 6.37. The van der Waals surface area contributed by atoms with E-state index in [1.165, 1.54) is 0 Å². The number of aromatic nitrogens is 3. The van der Waals surface area contributed by atoms with Crippen LogP contribution in [-0.2, 0) is 9.53 Å². The van der Waals surface area contributed by atoms with Crippen LogP contribution >= 0.6 is 11.3 Å². The Kier molecular flexibility index (Phi) is 4.76. The molecule has 0 saturated carbocycles. The number of piperidine rings is 1. The third kappa shape index (κ3) is 3.50. The Hall–Kier alpha value is -2.42. The van der Waals surface area contributed by atoms with Crippen molar-refractivity contribution < 1.29 is 9.53 Å². The fourth-order valence-corrected chi connectivity index (χ4v) is 4.36. The summed E-state index contributed by atoms with van der Waals surface area (Å²) in [6.07, 6.45) is 7.14. The van der Waals surface area contributed by atoms with E-state index in [9.17, 15) is 4.79 Å². The molecule has 2 fully saturated rings. The van der Waals surface area contributed by atoms with Crippen molar-refractivity contribution in [2.75, 3.05) is 31.6 Å². The van der Waals surface area contributed by atoms with Gasteiger partial charge in [0.25, 0.3) is 0 Å². The topological polar surface area (TPSA) is 80.2 Å². The quantitative estimate of drug-likeness (QED) is 0.732. The van der Waals surface area contributed by atoms with Crippen molar-refractivity contribution in [1.82, 2.24) is 19.9 Å². The second-order valence-corrected chi connectivity index (χ2v) is 8.23. The predicted molar refractivity (Wildman–Crippen MR) is 108 cm³/mol. The number of carbonyl (C=O) groups is 1. The molecular formula is C20H21N5O2S. The number of nitrogens with zero attached hydrogens (tertiary/aromatic N) is 4. The first-order valence-corrected chi connectivity index (χ1v) is 10.4. The van der Waals surface area contributed by atoms with Crippen LogP contribution in [0.4, 0.5) is 5.82 Å². The smallest absolute Gasteiger partial charge is 0.228 e. The first-order valence-electron chi connectivity index (χ1n) is 9.53. The summed E-state index contributed by atoms with van der Waals surface area (Å²) in [7, 11) is 0. The Bertz CT molecular complexity index is 981. The van der Waals surface area contributed by atoms with Crippen LogP contribution in [0.1, 0.15) is 12.8 Å². The molecule has 2 aliphatic rings. The van der Waals surface area contributed by atoms with Gasteiger partial charge in [-0.1, -0.05) is 0 Å². The Morgan fingerprint density at radius 2 is 1.93 bits per heavy atom. The highest BCUT2D eigenvalue weighted by molar-refractivity contribution is 7.13. The number of anilines is 1. The van der Waals surface area contributed by atoms with E-state index in [0.29, 0.717) is 11.9 Å². The van der Waals surface area contributed by atoms with Gasteiger partial charge in [-0.2, -0.15) is 0 Å². The number of hydrogen-bond acceptors (Lipinski definition) is 7. The van der Waals surface area contributed by atoms with Crippen molar-refractivity contribution in [1.29, 1.82) is 0 Å². The Balaban J connectivity index is 1.27. The van der Waals surface area contributed by atoms with E-state index in [-0.39, 0.29) is 11.8 Å². The van der Waals surface area contributed by atoms with Gasteiger partial charge in [0.2, 0.25) is 5.91 Å². The van der Waals surface area contributed by atoms with Crippen molar-refractivity contribution in [2.24, 2.45) is 5.92 Å². The molecule has 3 aromatic heterocycles. The molecule has 8 heteroatoms. The molecule has 1 N–H and O–H groups in total. The molecule has 1 amide bonds. The summed E-state index contributed by atoms with van der Waals surface area (Å²) in [5.74, 6) is 0.696. The highest BCUT2D eigenvalue weighted by Crippen LogP contribution is 2.26. The highest BCUT2D eigenvalue weighted by Gasteiger charge is 2.32. The third-order valence-electron chi connectivity index (χ3n) is 5.58. The molecule has 0 aliphatic carbocycles. The first kappa shape index (κ1) is 17.7. The van der Waals surface area contributed by atoms with Crippen LogP contribution in [0, 0.1) is 5.92 Å². The van der Waals surface area contributed by atoms with Crippen molar-refractivity contribution in [2.45, 2.75) is 18.9 Å². The monoisotopic (exact) mass is 395 g/mol. The second kappa shape index (κ2) is 7.54. The van der Waals surface area contributed by atoms with Gasteiger partial charge >= 0.3 is 0 Å². The lowest BCUT2D eigenvalue weighted by Gasteiger charge is -2.41. The number of hydrogen-bond donors (Lipinski definition) is 1. The number of carbonyl (C=O) groups excluding carboxylic acids is 1. The molecule has 0 bridgehead atoms. The summed E-state index contributed by atoms with van der Waals surface area (Å²) < 4.78 is 5.27. The molecule has 28 heavy (non-hydrogen) atoms. The molecule has 0 aromatic carbocycles. The number of pyridine rings is 2. The van der Waals surface area contributed by atoms with Crippen LogP contribution in [-0.4, -0.2) is 58.1 Å². The highest BCUT2D eigenvalue weighted by atomic mass is 32.1. The first-order chi connectivity index (χ1) is 13.8. The van der Waals surface area contributed by atoms with Gasteiger partial charge in [0.05, 0.1) is 35.3 Å². The van der Waals surface area contributed by atoms with E-state index in [0.717, 1.165) is 60.5 Å². The molecule has 0 spiro atoms. The van der Waals surface area contributed by atoms with E-state index >= 15 is 0 Å². The molecule has 0 atom stereocenters. The summed E-state index contributed by atoms with van der Waals surface area (Å²) >= 11 is 1.56. The van der Waals surface area contributed by atoms with Crippen LogP contribution in [0.25, 0.3) is 21.3 Å². The fourth-order valence-electron chi connectivity index (χ4n) is 3.77.